The monoisotopic (exact) mass is 278 g/mol. The molecule has 0 aromatic heterocycles. The molecule has 1 N–H and O–H groups in total. The van der Waals surface area contributed by atoms with Crippen LogP contribution in [0.3, 0.4) is 0 Å². The smallest absolute Gasteiger partial charge is 0.308 e. The molecule has 0 radical (unpaired) electrons. The van der Waals surface area contributed by atoms with E-state index in [-0.39, 0.29) is 25.1 Å². The standard InChI is InChI=1S/C13H26O6/c1-3-12(2)13(15)19-11-10-18-9-8-17-7-6-16-5-4-14/h12,14H,3-11H2,1-2H3. The van der Waals surface area contributed by atoms with Crippen molar-refractivity contribution in [2.75, 3.05) is 52.9 Å². The Hall–Kier alpha value is -0.690. The highest BCUT2D eigenvalue weighted by molar-refractivity contribution is 5.71. The Morgan fingerprint density at radius 1 is 0.947 bits per heavy atom. The van der Waals surface area contributed by atoms with Gasteiger partial charge in [-0.25, -0.2) is 0 Å². The summed E-state index contributed by atoms with van der Waals surface area (Å²) in [6, 6.07) is 0. The van der Waals surface area contributed by atoms with Gasteiger partial charge in [-0.15, -0.1) is 0 Å². The number of rotatable bonds is 13. The SMILES string of the molecule is CCC(C)C(=O)OCCOCCOCCOCCO. The third kappa shape index (κ3) is 12.1. The number of esters is 1. The first-order chi connectivity index (χ1) is 9.22. The molecule has 6 nitrogen and oxygen atoms in total. The fourth-order valence-electron chi connectivity index (χ4n) is 1.12. The molecule has 19 heavy (non-hydrogen) atoms. The van der Waals surface area contributed by atoms with Crippen LogP contribution in [0, 0.1) is 5.92 Å². The van der Waals surface area contributed by atoms with E-state index in [4.69, 9.17) is 24.1 Å². The minimum Gasteiger partial charge on any atom is -0.463 e. The van der Waals surface area contributed by atoms with Crippen molar-refractivity contribution in [3.05, 3.63) is 0 Å². The van der Waals surface area contributed by atoms with Crippen LogP contribution >= 0.6 is 0 Å². The Bertz CT molecular complexity index is 209. The minimum absolute atomic E-state index is 0.0263. The van der Waals surface area contributed by atoms with Gasteiger partial charge in [0.2, 0.25) is 0 Å². The topological polar surface area (TPSA) is 74.2 Å². The lowest BCUT2D eigenvalue weighted by Gasteiger charge is -2.09. The summed E-state index contributed by atoms with van der Waals surface area (Å²) < 4.78 is 20.5. The second kappa shape index (κ2) is 13.7. The second-order valence-electron chi connectivity index (χ2n) is 4.04. The van der Waals surface area contributed by atoms with Crippen molar-refractivity contribution >= 4 is 5.97 Å². The summed E-state index contributed by atoms with van der Waals surface area (Å²) in [6.07, 6.45) is 0.784. The van der Waals surface area contributed by atoms with Gasteiger partial charge in [0.25, 0.3) is 0 Å². The zero-order chi connectivity index (χ0) is 14.3. The van der Waals surface area contributed by atoms with E-state index >= 15 is 0 Å². The molecule has 0 amide bonds. The van der Waals surface area contributed by atoms with Crippen LogP contribution in [0.25, 0.3) is 0 Å². The summed E-state index contributed by atoms with van der Waals surface area (Å²) in [5.41, 5.74) is 0. The molecule has 0 fully saturated rings. The van der Waals surface area contributed by atoms with Crippen LogP contribution < -0.4 is 0 Å². The van der Waals surface area contributed by atoms with E-state index < -0.39 is 0 Å². The van der Waals surface area contributed by atoms with E-state index in [1.54, 1.807) is 0 Å². The summed E-state index contributed by atoms with van der Waals surface area (Å²) in [5.74, 6) is -0.231. The molecule has 0 heterocycles. The largest absolute Gasteiger partial charge is 0.463 e. The van der Waals surface area contributed by atoms with Gasteiger partial charge in [-0.2, -0.15) is 0 Å². The van der Waals surface area contributed by atoms with E-state index in [0.717, 1.165) is 6.42 Å². The zero-order valence-electron chi connectivity index (χ0n) is 11.9. The van der Waals surface area contributed by atoms with Gasteiger partial charge in [0.05, 0.1) is 52.2 Å². The van der Waals surface area contributed by atoms with Crippen LogP contribution in [0.5, 0.6) is 0 Å². The maximum absolute atomic E-state index is 11.3. The molecule has 6 heteroatoms. The van der Waals surface area contributed by atoms with Crippen molar-refractivity contribution in [2.45, 2.75) is 20.3 Å². The lowest BCUT2D eigenvalue weighted by Crippen LogP contribution is -2.18. The highest BCUT2D eigenvalue weighted by Crippen LogP contribution is 2.02. The van der Waals surface area contributed by atoms with Gasteiger partial charge in [0, 0.05) is 0 Å². The average molecular weight is 278 g/mol. The maximum atomic E-state index is 11.3. The lowest BCUT2D eigenvalue weighted by atomic mass is 10.1. The van der Waals surface area contributed by atoms with Gasteiger partial charge in [-0.1, -0.05) is 13.8 Å². The van der Waals surface area contributed by atoms with Crippen molar-refractivity contribution in [2.24, 2.45) is 5.92 Å². The molecule has 0 rings (SSSR count). The third-order valence-electron chi connectivity index (χ3n) is 2.47. The van der Waals surface area contributed by atoms with E-state index in [1.807, 2.05) is 13.8 Å². The summed E-state index contributed by atoms with van der Waals surface area (Å²) >= 11 is 0. The molecule has 0 aliphatic heterocycles. The summed E-state index contributed by atoms with van der Waals surface area (Å²) in [7, 11) is 0. The normalized spacial score (nSPS) is 12.4. The Morgan fingerprint density at radius 2 is 1.42 bits per heavy atom. The molecule has 0 aliphatic rings. The van der Waals surface area contributed by atoms with E-state index in [0.29, 0.717) is 39.6 Å². The lowest BCUT2D eigenvalue weighted by molar-refractivity contribution is -0.149. The Balaban J connectivity index is 3.13. The number of aliphatic hydroxyl groups is 1. The molecule has 0 aromatic rings. The predicted molar refractivity (Wildman–Crippen MR) is 70.0 cm³/mol. The van der Waals surface area contributed by atoms with E-state index in [1.165, 1.54) is 0 Å². The van der Waals surface area contributed by atoms with Crippen LogP contribution in [0.2, 0.25) is 0 Å². The first-order valence-corrected chi connectivity index (χ1v) is 6.73. The molecule has 0 bridgehead atoms. The van der Waals surface area contributed by atoms with Gasteiger partial charge >= 0.3 is 5.97 Å². The highest BCUT2D eigenvalue weighted by Gasteiger charge is 2.10. The molecule has 0 aliphatic carbocycles. The summed E-state index contributed by atoms with van der Waals surface area (Å²) in [5, 5.41) is 8.46. The van der Waals surface area contributed by atoms with Crippen molar-refractivity contribution in [1.82, 2.24) is 0 Å². The van der Waals surface area contributed by atoms with Crippen LogP contribution in [-0.2, 0) is 23.7 Å². The highest BCUT2D eigenvalue weighted by atomic mass is 16.6. The molecule has 114 valence electrons. The van der Waals surface area contributed by atoms with Crippen LogP contribution in [0.4, 0.5) is 0 Å². The minimum atomic E-state index is -0.177. The van der Waals surface area contributed by atoms with E-state index in [2.05, 4.69) is 0 Å². The predicted octanol–water partition coefficient (Wildman–Crippen LogP) is 0.618. The maximum Gasteiger partial charge on any atom is 0.308 e. The van der Waals surface area contributed by atoms with Crippen molar-refractivity contribution < 1.29 is 28.8 Å². The summed E-state index contributed by atoms with van der Waals surface area (Å²) in [4.78, 5) is 11.3. The van der Waals surface area contributed by atoms with Gasteiger partial charge in [0.15, 0.2) is 0 Å². The Kier molecular flexibility index (Phi) is 13.2. The molecule has 0 aromatic carbocycles. The number of hydrogen-bond acceptors (Lipinski definition) is 6. The van der Waals surface area contributed by atoms with Crippen LogP contribution in [0.15, 0.2) is 0 Å². The molecule has 0 saturated heterocycles. The molecule has 1 unspecified atom stereocenters. The first-order valence-electron chi connectivity index (χ1n) is 6.73. The van der Waals surface area contributed by atoms with Crippen molar-refractivity contribution in [3.8, 4) is 0 Å². The second-order valence-corrected chi connectivity index (χ2v) is 4.04. The number of carbonyl (C=O) groups is 1. The number of aliphatic hydroxyl groups excluding tert-OH is 1. The van der Waals surface area contributed by atoms with Crippen molar-refractivity contribution in [3.63, 3.8) is 0 Å². The molecular formula is C13H26O6. The first kappa shape index (κ1) is 18.3. The molecule has 0 saturated carbocycles. The molecule has 1 atom stereocenters. The average Bonchev–Trinajstić information content (AvgIpc) is 2.43. The third-order valence-corrected chi connectivity index (χ3v) is 2.47. The van der Waals surface area contributed by atoms with E-state index in [9.17, 15) is 4.79 Å². The fourth-order valence-corrected chi connectivity index (χ4v) is 1.12. The van der Waals surface area contributed by atoms with Gasteiger partial charge in [-0.05, 0) is 6.42 Å². The number of hydrogen-bond donors (Lipinski definition) is 1. The quantitative estimate of drug-likeness (QED) is 0.393. The fraction of sp³-hybridized carbons (Fsp3) is 0.923. The zero-order valence-corrected chi connectivity index (χ0v) is 11.9. The van der Waals surface area contributed by atoms with Crippen molar-refractivity contribution in [1.29, 1.82) is 0 Å². The number of carbonyl (C=O) groups excluding carboxylic acids is 1. The number of ether oxygens (including phenoxy) is 4. The van der Waals surface area contributed by atoms with Crippen LogP contribution in [-0.4, -0.2) is 63.9 Å². The van der Waals surface area contributed by atoms with Gasteiger partial charge < -0.3 is 24.1 Å². The Labute approximate surface area is 115 Å². The van der Waals surface area contributed by atoms with Crippen LogP contribution in [0.1, 0.15) is 20.3 Å². The Morgan fingerprint density at radius 3 is 1.89 bits per heavy atom. The molecule has 0 spiro atoms. The van der Waals surface area contributed by atoms with Gasteiger partial charge in [-0.3, -0.25) is 4.79 Å². The molecular weight excluding hydrogens is 252 g/mol. The summed E-state index contributed by atoms with van der Waals surface area (Å²) in [6.45, 7) is 6.69. The van der Waals surface area contributed by atoms with Gasteiger partial charge in [0.1, 0.15) is 6.61 Å².